The smallest absolute Gasteiger partial charge is 0.0406 e. The fraction of sp³-hybridized carbons (Fsp3) is 0.391. The van der Waals surface area contributed by atoms with Gasteiger partial charge in [0.1, 0.15) is 0 Å². The number of nitrogens with zero attached hydrogens (tertiary/aromatic N) is 2. The Hall–Kier alpha value is -1.77. The van der Waals surface area contributed by atoms with E-state index >= 15 is 0 Å². The van der Waals surface area contributed by atoms with Crippen molar-refractivity contribution in [3.05, 3.63) is 70.8 Å². The predicted molar refractivity (Wildman–Crippen MR) is 111 cm³/mol. The van der Waals surface area contributed by atoms with Crippen LogP contribution in [-0.4, -0.2) is 37.6 Å². The molecular formula is C23H26ClN2. The molecule has 4 rings (SSSR count). The number of benzene rings is 2. The van der Waals surface area contributed by atoms with Gasteiger partial charge in [-0.2, -0.15) is 0 Å². The molecule has 1 heterocycles. The lowest BCUT2D eigenvalue weighted by Gasteiger charge is -2.37. The number of allylic oxidation sites excluding steroid dienone is 1. The highest BCUT2D eigenvalue weighted by molar-refractivity contribution is 6.30. The molecule has 1 aliphatic carbocycles. The fourth-order valence-electron chi connectivity index (χ4n) is 4.16. The second-order valence-corrected chi connectivity index (χ2v) is 7.75. The summed E-state index contributed by atoms with van der Waals surface area (Å²) in [7, 11) is 0. The number of anilines is 1. The van der Waals surface area contributed by atoms with Gasteiger partial charge in [0.15, 0.2) is 0 Å². The van der Waals surface area contributed by atoms with Crippen LogP contribution >= 0.6 is 11.6 Å². The zero-order chi connectivity index (χ0) is 17.8. The van der Waals surface area contributed by atoms with Crippen molar-refractivity contribution in [1.29, 1.82) is 0 Å². The maximum absolute atomic E-state index is 6.08. The third-order valence-corrected chi connectivity index (χ3v) is 5.88. The van der Waals surface area contributed by atoms with Crippen molar-refractivity contribution in [3.8, 4) is 0 Å². The van der Waals surface area contributed by atoms with Crippen LogP contribution in [0.4, 0.5) is 5.69 Å². The van der Waals surface area contributed by atoms with Crippen LogP contribution in [0, 0.1) is 6.07 Å². The summed E-state index contributed by atoms with van der Waals surface area (Å²) in [6.45, 7) is 5.60. The Morgan fingerprint density at radius 3 is 2.27 bits per heavy atom. The first-order valence-corrected chi connectivity index (χ1v) is 10.1. The van der Waals surface area contributed by atoms with E-state index in [0.29, 0.717) is 0 Å². The number of halogens is 1. The Labute approximate surface area is 162 Å². The summed E-state index contributed by atoms with van der Waals surface area (Å²) in [5, 5.41) is 0.821. The van der Waals surface area contributed by atoms with Crippen LogP contribution in [0.1, 0.15) is 31.2 Å². The topological polar surface area (TPSA) is 6.48 Å². The fourth-order valence-corrected chi connectivity index (χ4v) is 4.29. The van der Waals surface area contributed by atoms with Crippen molar-refractivity contribution in [1.82, 2.24) is 4.90 Å². The maximum atomic E-state index is 6.08. The quantitative estimate of drug-likeness (QED) is 0.726. The zero-order valence-electron chi connectivity index (χ0n) is 15.3. The highest BCUT2D eigenvalue weighted by atomic mass is 35.5. The number of hydrogen-bond donors (Lipinski definition) is 0. The largest absolute Gasteiger partial charge is 0.369 e. The van der Waals surface area contributed by atoms with E-state index in [9.17, 15) is 0 Å². The molecule has 0 bridgehead atoms. The standard InChI is InChI=1S/C23H26ClN2/c24-21-12-10-19(11-13-21)23-9-5-4-6-20(23)18-25-14-16-26(17-15-25)22-7-2-1-3-8-22/h2-3,7-8,10-13H,4-6,9,14-18H2. The Balaban J connectivity index is 1.43. The van der Waals surface area contributed by atoms with Crippen LogP contribution in [0.5, 0.6) is 0 Å². The molecule has 0 amide bonds. The summed E-state index contributed by atoms with van der Waals surface area (Å²) in [4.78, 5) is 5.11. The number of rotatable bonds is 4. The summed E-state index contributed by atoms with van der Waals surface area (Å²) < 4.78 is 0. The minimum absolute atomic E-state index is 0.821. The van der Waals surface area contributed by atoms with Crippen LogP contribution in [0.15, 0.2) is 54.1 Å². The van der Waals surface area contributed by atoms with Crippen molar-refractivity contribution in [2.75, 3.05) is 37.6 Å². The number of piperazine rings is 1. The van der Waals surface area contributed by atoms with Crippen molar-refractivity contribution >= 4 is 22.9 Å². The molecule has 26 heavy (non-hydrogen) atoms. The SMILES string of the molecule is Clc1ccc(C2=C(CN3CCN(c4cc[c]cc4)CC3)CCCC2)cc1. The average Bonchev–Trinajstić information content (AvgIpc) is 2.70. The summed E-state index contributed by atoms with van der Waals surface area (Å²) in [5.41, 5.74) is 5.89. The van der Waals surface area contributed by atoms with E-state index in [2.05, 4.69) is 40.1 Å². The van der Waals surface area contributed by atoms with Gasteiger partial charge in [0.2, 0.25) is 0 Å². The molecule has 3 heteroatoms. The van der Waals surface area contributed by atoms with E-state index in [4.69, 9.17) is 11.6 Å². The first kappa shape index (κ1) is 17.6. The Kier molecular flexibility index (Phi) is 5.62. The zero-order valence-corrected chi connectivity index (χ0v) is 16.0. The van der Waals surface area contributed by atoms with Crippen LogP contribution in [-0.2, 0) is 0 Å². The molecule has 1 aliphatic heterocycles. The lowest BCUT2D eigenvalue weighted by atomic mass is 9.87. The summed E-state index contributed by atoms with van der Waals surface area (Å²) in [5.74, 6) is 0. The predicted octanol–water partition coefficient (Wildman–Crippen LogP) is 5.29. The molecule has 1 fully saturated rings. The van der Waals surface area contributed by atoms with Gasteiger partial charge in [-0.25, -0.2) is 0 Å². The molecule has 0 saturated carbocycles. The molecule has 0 atom stereocenters. The van der Waals surface area contributed by atoms with Crippen molar-refractivity contribution in [2.24, 2.45) is 0 Å². The van der Waals surface area contributed by atoms with Crippen molar-refractivity contribution < 1.29 is 0 Å². The molecule has 1 radical (unpaired) electrons. The highest BCUT2D eigenvalue weighted by Gasteiger charge is 2.21. The molecule has 135 valence electrons. The lowest BCUT2D eigenvalue weighted by molar-refractivity contribution is 0.275. The molecule has 1 saturated heterocycles. The molecule has 0 aromatic heterocycles. The van der Waals surface area contributed by atoms with Gasteiger partial charge >= 0.3 is 0 Å². The second kappa shape index (κ2) is 8.28. The third-order valence-electron chi connectivity index (χ3n) is 5.63. The molecule has 2 nitrogen and oxygen atoms in total. The van der Waals surface area contributed by atoms with Gasteiger partial charge in [-0.15, -0.1) is 0 Å². The van der Waals surface area contributed by atoms with Crippen molar-refractivity contribution in [3.63, 3.8) is 0 Å². The van der Waals surface area contributed by atoms with Gasteiger partial charge < -0.3 is 4.90 Å². The molecule has 2 aromatic rings. The molecular weight excluding hydrogens is 340 g/mol. The summed E-state index contributed by atoms with van der Waals surface area (Å²) >= 11 is 6.08. The molecule has 0 unspecified atom stereocenters. The van der Waals surface area contributed by atoms with E-state index in [1.54, 1.807) is 11.1 Å². The van der Waals surface area contributed by atoms with Gasteiger partial charge in [0.25, 0.3) is 0 Å². The average molecular weight is 366 g/mol. The lowest BCUT2D eigenvalue weighted by Crippen LogP contribution is -2.47. The summed E-state index contributed by atoms with van der Waals surface area (Å²) in [6, 6.07) is 19.9. The van der Waals surface area contributed by atoms with Crippen LogP contribution < -0.4 is 4.90 Å². The minimum atomic E-state index is 0.821. The normalized spacial score (nSPS) is 19.0. The molecule has 2 aromatic carbocycles. The molecule has 2 aliphatic rings. The van der Waals surface area contributed by atoms with E-state index in [1.165, 1.54) is 36.9 Å². The number of hydrogen-bond acceptors (Lipinski definition) is 2. The second-order valence-electron chi connectivity index (χ2n) is 7.32. The monoisotopic (exact) mass is 365 g/mol. The van der Waals surface area contributed by atoms with E-state index < -0.39 is 0 Å². The Morgan fingerprint density at radius 2 is 1.54 bits per heavy atom. The van der Waals surface area contributed by atoms with Crippen LogP contribution in [0.25, 0.3) is 5.57 Å². The van der Waals surface area contributed by atoms with Gasteiger partial charge in [0.05, 0.1) is 0 Å². The molecule has 0 spiro atoms. The minimum Gasteiger partial charge on any atom is -0.369 e. The molecule has 0 N–H and O–H groups in total. The highest BCUT2D eigenvalue weighted by Crippen LogP contribution is 2.33. The van der Waals surface area contributed by atoms with Gasteiger partial charge in [-0.05, 0) is 67.2 Å². The Bertz CT molecular complexity index is 744. The summed E-state index contributed by atoms with van der Waals surface area (Å²) in [6.07, 6.45) is 5.08. The maximum Gasteiger partial charge on any atom is 0.0406 e. The van der Waals surface area contributed by atoms with Crippen molar-refractivity contribution in [2.45, 2.75) is 25.7 Å². The first-order chi connectivity index (χ1) is 12.8. The van der Waals surface area contributed by atoms with Crippen LogP contribution in [0.3, 0.4) is 0 Å². The van der Waals surface area contributed by atoms with E-state index in [0.717, 1.165) is 37.7 Å². The van der Waals surface area contributed by atoms with E-state index in [-0.39, 0.29) is 0 Å². The van der Waals surface area contributed by atoms with Gasteiger partial charge in [-0.3, -0.25) is 4.90 Å². The third kappa shape index (κ3) is 4.13. The Morgan fingerprint density at radius 1 is 0.846 bits per heavy atom. The first-order valence-electron chi connectivity index (χ1n) is 9.70. The van der Waals surface area contributed by atoms with E-state index in [1.807, 2.05) is 24.3 Å². The van der Waals surface area contributed by atoms with Crippen LogP contribution in [0.2, 0.25) is 5.02 Å². The van der Waals surface area contributed by atoms with Gasteiger partial charge in [-0.1, -0.05) is 41.4 Å². The van der Waals surface area contributed by atoms with Gasteiger partial charge in [0, 0.05) is 43.4 Å².